The van der Waals surface area contributed by atoms with E-state index in [9.17, 15) is 9.59 Å². The molecular weight excluding hydrogens is 310 g/mol. The summed E-state index contributed by atoms with van der Waals surface area (Å²) in [6.45, 7) is 6.19. The summed E-state index contributed by atoms with van der Waals surface area (Å²) in [7, 11) is 0. The van der Waals surface area contributed by atoms with E-state index in [1.54, 1.807) is 12.1 Å². The normalized spacial score (nSPS) is 25.5. The van der Waals surface area contributed by atoms with Gasteiger partial charge in [-0.3, -0.25) is 14.7 Å². The van der Waals surface area contributed by atoms with Gasteiger partial charge in [0, 0.05) is 31.7 Å². The van der Waals surface area contributed by atoms with Gasteiger partial charge in [0.05, 0.1) is 18.7 Å². The molecule has 24 heavy (non-hydrogen) atoms. The van der Waals surface area contributed by atoms with E-state index in [-0.39, 0.29) is 17.6 Å². The first-order valence-corrected chi connectivity index (χ1v) is 8.35. The number of imidazole rings is 1. The molecule has 2 fully saturated rings. The maximum Gasteiger partial charge on any atom is 0.325 e. The van der Waals surface area contributed by atoms with E-state index in [1.807, 2.05) is 4.90 Å². The van der Waals surface area contributed by atoms with Crippen LogP contribution in [0.5, 0.6) is 0 Å². The number of amides is 1. The topological polar surface area (TPSA) is 94.3 Å². The minimum Gasteiger partial charge on any atom is -0.379 e. The molecule has 8 nitrogen and oxygen atoms in total. The Bertz CT molecular complexity index is 807. The van der Waals surface area contributed by atoms with Gasteiger partial charge in [-0.25, -0.2) is 9.78 Å². The summed E-state index contributed by atoms with van der Waals surface area (Å²) in [6.07, 6.45) is 0.968. The van der Waals surface area contributed by atoms with Crippen molar-refractivity contribution < 1.29 is 9.53 Å². The molecule has 0 aliphatic carbocycles. The van der Waals surface area contributed by atoms with Crippen LogP contribution < -0.4 is 5.69 Å². The largest absolute Gasteiger partial charge is 0.379 e. The van der Waals surface area contributed by atoms with Crippen molar-refractivity contribution in [3.63, 3.8) is 0 Å². The highest BCUT2D eigenvalue weighted by molar-refractivity contribution is 5.94. The smallest absolute Gasteiger partial charge is 0.325 e. The lowest BCUT2D eigenvalue weighted by atomic mass is 10.1. The fraction of sp³-hybridized carbons (Fsp3) is 0.562. The molecule has 1 amide bonds. The molecule has 2 aromatic heterocycles. The van der Waals surface area contributed by atoms with E-state index in [0.717, 1.165) is 39.3 Å². The first-order chi connectivity index (χ1) is 11.6. The zero-order valence-electron chi connectivity index (χ0n) is 13.6. The lowest BCUT2D eigenvalue weighted by Crippen LogP contribution is -2.49. The van der Waals surface area contributed by atoms with Crippen molar-refractivity contribution in [2.75, 3.05) is 32.8 Å². The summed E-state index contributed by atoms with van der Waals surface area (Å²) in [5.41, 5.74) is 1.08. The highest BCUT2D eigenvalue weighted by Crippen LogP contribution is 2.25. The molecule has 0 aromatic carbocycles. The van der Waals surface area contributed by atoms with E-state index in [4.69, 9.17) is 4.74 Å². The number of nitrogens with one attached hydrogen (secondary N) is 2. The number of aromatic amines is 2. The first kappa shape index (κ1) is 15.3. The van der Waals surface area contributed by atoms with Gasteiger partial charge in [0.15, 0.2) is 5.65 Å². The summed E-state index contributed by atoms with van der Waals surface area (Å²) in [4.78, 5) is 38.0. The first-order valence-electron chi connectivity index (χ1n) is 8.35. The highest BCUT2D eigenvalue weighted by atomic mass is 16.5. The fourth-order valence-corrected chi connectivity index (χ4v) is 3.79. The summed E-state index contributed by atoms with van der Waals surface area (Å²) >= 11 is 0. The average Bonchev–Trinajstić information content (AvgIpc) is 3.16. The zero-order valence-corrected chi connectivity index (χ0v) is 13.6. The minimum absolute atomic E-state index is 0.0813. The van der Waals surface area contributed by atoms with E-state index >= 15 is 0 Å². The monoisotopic (exact) mass is 331 g/mol. The molecule has 4 rings (SSSR count). The molecule has 128 valence electrons. The van der Waals surface area contributed by atoms with Crippen LogP contribution in [0, 0.1) is 0 Å². The summed E-state index contributed by atoms with van der Waals surface area (Å²) < 4.78 is 5.42. The maximum absolute atomic E-state index is 12.9. The lowest BCUT2D eigenvalue weighted by Gasteiger charge is -2.35. The zero-order chi connectivity index (χ0) is 16.7. The number of ether oxygens (including phenoxy) is 1. The number of carbonyl (C=O) groups is 1. The van der Waals surface area contributed by atoms with Gasteiger partial charge in [-0.05, 0) is 25.5 Å². The number of rotatable bonds is 2. The predicted octanol–water partition coefficient (Wildman–Crippen LogP) is 0.186. The Kier molecular flexibility index (Phi) is 3.85. The van der Waals surface area contributed by atoms with Crippen LogP contribution in [0.25, 0.3) is 11.2 Å². The predicted molar refractivity (Wildman–Crippen MR) is 88.0 cm³/mol. The Labute approximate surface area is 138 Å². The van der Waals surface area contributed by atoms with Gasteiger partial charge in [-0.15, -0.1) is 0 Å². The third-order valence-corrected chi connectivity index (χ3v) is 5.08. The van der Waals surface area contributed by atoms with Crippen LogP contribution in [0.3, 0.4) is 0 Å². The Morgan fingerprint density at radius 3 is 2.83 bits per heavy atom. The highest BCUT2D eigenvalue weighted by Gasteiger charge is 2.38. The van der Waals surface area contributed by atoms with Gasteiger partial charge in [0.2, 0.25) is 0 Å². The van der Waals surface area contributed by atoms with Gasteiger partial charge < -0.3 is 14.6 Å². The molecular formula is C16H21N5O3. The van der Waals surface area contributed by atoms with Crippen LogP contribution >= 0.6 is 0 Å². The minimum atomic E-state index is -0.316. The molecule has 2 saturated heterocycles. The second-order valence-corrected chi connectivity index (χ2v) is 6.42. The second kappa shape index (κ2) is 6.03. The van der Waals surface area contributed by atoms with Crippen molar-refractivity contribution in [2.24, 2.45) is 0 Å². The molecule has 8 heteroatoms. The van der Waals surface area contributed by atoms with E-state index in [2.05, 4.69) is 26.8 Å². The summed E-state index contributed by atoms with van der Waals surface area (Å²) in [6, 6.07) is 3.89. The standard InChI is InChI=1S/C16H21N5O3/c1-10-13(20-6-8-24-9-7-20)4-5-21(10)15(22)12-3-2-11-14(17-12)19-16(23)18-11/h2-3,10,13H,4-9H2,1H3,(H2,17,18,19,23)/t10-,13-/m1/s1. The molecule has 0 radical (unpaired) electrons. The molecule has 2 aromatic rings. The summed E-state index contributed by atoms with van der Waals surface area (Å²) in [5.74, 6) is -0.0813. The van der Waals surface area contributed by atoms with Crippen molar-refractivity contribution in [3.8, 4) is 0 Å². The Hall–Kier alpha value is -2.19. The van der Waals surface area contributed by atoms with Crippen LogP contribution in [0.1, 0.15) is 23.8 Å². The number of hydrogen-bond acceptors (Lipinski definition) is 5. The molecule has 0 spiro atoms. The van der Waals surface area contributed by atoms with E-state index in [0.29, 0.717) is 22.9 Å². The number of fused-ring (bicyclic) bond motifs is 1. The van der Waals surface area contributed by atoms with Crippen LogP contribution in [-0.4, -0.2) is 75.6 Å². The van der Waals surface area contributed by atoms with Crippen LogP contribution in [-0.2, 0) is 4.74 Å². The quantitative estimate of drug-likeness (QED) is 0.819. The van der Waals surface area contributed by atoms with Crippen LogP contribution in [0.2, 0.25) is 0 Å². The number of aromatic nitrogens is 3. The molecule has 2 N–H and O–H groups in total. The average molecular weight is 331 g/mol. The molecule has 2 atom stereocenters. The number of H-pyrrole nitrogens is 2. The van der Waals surface area contributed by atoms with Gasteiger partial charge in [0.1, 0.15) is 5.69 Å². The lowest BCUT2D eigenvalue weighted by molar-refractivity contribution is 0.0104. The van der Waals surface area contributed by atoms with Gasteiger partial charge in [-0.2, -0.15) is 0 Å². The molecule has 2 aliphatic rings. The molecule has 0 bridgehead atoms. The van der Waals surface area contributed by atoms with Crippen LogP contribution in [0.15, 0.2) is 16.9 Å². The van der Waals surface area contributed by atoms with Gasteiger partial charge in [0.25, 0.3) is 5.91 Å². The maximum atomic E-state index is 12.9. The molecule has 0 unspecified atom stereocenters. The second-order valence-electron chi connectivity index (χ2n) is 6.42. The number of hydrogen-bond donors (Lipinski definition) is 2. The number of likely N-dealkylation sites (tertiary alicyclic amines) is 1. The SMILES string of the molecule is C[C@@H]1[C@H](N2CCOCC2)CCN1C(=O)c1ccc2[nH]c(=O)[nH]c2n1. The number of carbonyl (C=O) groups excluding carboxylic acids is 1. The van der Waals surface area contributed by atoms with Crippen molar-refractivity contribution >= 4 is 17.1 Å². The Balaban J connectivity index is 1.53. The van der Waals surface area contributed by atoms with Crippen LogP contribution in [0.4, 0.5) is 0 Å². The van der Waals surface area contributed by atoms with Crippen molar-refractivity contribution in [1.29, 1.82) is 0 Å². The fourth-order valence-electron chi connectivity index (χ4n) is 3.79. The third kappa shape index (κ3) is 2.61. The summed E-state index contributed by atoms with van der Waals surface area (Å²) in [5, 5.41) is 0. The molecule has 4 heterocycles. The molecule has 0 saturated carbocycles. The number of nitrogens with zero attached hydrogens (tertiary/aromatic N) is 3. The Morgan fingerprint density at radius 2 is 2.04 bits per heavy atom. The number of morpholine rings is 1. The van der Waals surface area contributed by atoms with Crippen molar-refractivity contribution in [3.05, 3.63) is 28.3 Å². The molecule has 2 aliphatic heterocycles. The Morgan fingerprint density at radius 1 is 1.25 bits per heavy atom. The van der Waals surface area contributed by atoms with E-state index in [1.165, 1.54) is 0 Å². The van der Waals surface area contributed by atoms with E-state index < -0.39 is 0 Å². The number of pyridine rings is 1. The van der Waals surface area contributed by atoms with Crippen molar-refractivity contribution in [2.45, 2.75) is 25.4 Å². The third-order valence-electron chi connectivity index (χ3n) is 5.08. The van der Waals surface area contributed by atoms with Gasteiger partial charge in [-0.1, -0.05) is 0 Å². The van der Waals surface area contributed by atoms with Gasteiger partial charge >= 0.3 is 5.69 Å². The van der Waals surface area contributed by atoms with Crippen molar-refractivity contribution in [1.82, 2.24) is 24.8 Å².